The van der Waals surface area contributed by atoms with Gasteiger partial charge < -0.3 is 5.32 Å². The second-order valence-corrected chi connectivity index (χ2v) is 10.4. The fraction of sp³-hybridized carbons (Fsp3) is 0.667. The van der Waals surface area contributed by atoms with Gasteiger partial charge >= 0.3 is 0 Å². The highest BCUT2D eigenvalue weighted by Gasteiger charge is 2.24. The lowest BCUT2D eigenvalue weighted by molar-refractivity contribution is -0.122. The maximum Gasteiger partial charge on any atom is 0.220 e. The van der Waals surface area contributed by atoms with Crippen LogP contribution in [0, 0.1) is 6.92 Å². The van der Waals surface area contributed by atoms with Crippen LogP contribution in [0.25, 0.3) is 0 Å². The number of benzene rings is 1. The second-order valence-electron chi connectivity index (χ2n) is 8.33. The van der Waals surface area contributed by atoms with Crippen molar-refractivity contribution in [1.82, 2.24) is 9.62 Å². The van der Waals surface area contributed by atoms with Gasteiger partial charge in [0.15, 0.2) is 0 Å². The van der Waals surface area contributed by atoms with Gasteiger partial charge in [-0.15, -0.1) is 0 Å². The van der Waals surface area contributed by atoms with E-state index in [1.54, 1.807) is 4.31 Å². The van der Waals surface area contributed by atoms with Crippen LogP contribution in [0.4, 0.5) is 0 Å². The molecule has 1 heterocycles. The average molecular weight is 395 g/mol. The third-order valence-electron chi connectivity index (χ3n) is 5.01. The SMILES string of the molecule is Cc1ccc(CC(C)(C)NC(=O)CCCCS(=O)(=O)N2CCCCC2)cc1. The van der Waals surface area contributed by atoms with Crippen molar-refractivity contribution in [3.8, 4) is 0 Å². The predicted octanol–water partition coefficient (Wildman–Crippen LogP) is 3.42. The summed E-state index contributed by atoms with van der Waals surface area (Å²) in [5, 5.41) is 3.08. The molecule has 27 heavy (non-hydrogen) atoms. The number of amides is 1. The largest absolute Gasteiger partial charge is 0.351 e. The quantitative estimate of drug-likeness (QED) is 0.653. The minimum atomic E-state index is -3.16. The van der Waals surface area contributed by atoms with Gasteiger partial charge in [0.1, 0.15) is 0 Å². The molecule has 1 saturated heterocycles. The van der Waals surface area contributed by atoms with Gasteiger partial charge in [0.25, 0.3) is 0 Å². The number of aryl methyl sites for hydroxylation is 1. The van der Waals surface area contributed by atoms with E-state index in [0.29, 0.717) is 32.4 Å². The molecule has 1 N–H and O–H groups in total. The molecule has 6 heteroatoms. The standard InChI is InChI=1S/C21H34N2O3S/c1-18-10-12-19(13-11-18)17-21(2,3)22-20(24)9-5-8-16-27(25,26)23-14-6-4-7-15-23/h10-13H,4-9,14-17H2,1-3H3,(H,22,24). The second kappa shape index (κ2) is 9.69. The first-order valence-corrected chi connectivity index (χ1v) is 11.6. The van der Waals surface area contributed by atoms with Gasteiger partial charge in [0.2, 0.25) is 15.9 Å². The highest BCUT2D eigenvalue weighted by atomic mass is 32.2. The summed E-state index contributed by atoms with van der Waals surface area (Å²) in [6.45, 7) is 7.39. The zero-order valence-electron chi connectivity index (χ0n) is 17.0. The third kappa shape index (κ3) is 7.62. The topological polar surface area (TPSA) is 66.5 Å². The van der Waals surface area contributed by atoms with Gasteiger partial charge in [-0.2, -0.15) is 0 Å². The minimum absolute atomic E-state index is 0.0116. The lowest BCUT2D eigenvalue weighted by atomic mass is 9.94. The summed E-state index contributed by atoms with van der Waals surface area (Å²) in [5.74, 6) is 0.134. The molecule has 0 aliphatic carbocycles. The highest BCUT2D eigenvalue weighted by Crippen LogP contribution is 2.16. The Hall–Kier alpha value is -1.40. The van der Waals surface area contributed by atoms with Crippen molar-refractivity contribution in [1.29, 1.82) is 0 Å². The fourth-order valence-corrected chi connectivity index (χ4v) is 5.18. The van der Waals surface area contributed by atoms with Gasteiger partial charge in [0, 0.05) is 25.0 Å². The molecule has 0 bridgehead atoms. The molecule has 1 amide bonds. The molecule has 0 spiro atoms. The van der Waals surface area contributed by atoms with Crippen molar-refractivity contribution in [3.63, 3.8) is 0 Å². The molecule has 1 aromatic carbocycles. The molecule has 0 atom stereocenters. The van der Waals surface area contributed by atoms with E-state index in [9.17, 15) is 13.2 Å². The Morgan fingerprint density at radius 1 is 1.07 bits per heavy atom. The molecular weight excluding hydrogens is 360 g/mol. The van der Waals surface area contributed by atoms with Crippen LogP contribution in [0.2, 0.25) is 0 Å². The first-order chi connectivity index (χ1) is 12.7. The zero-order valence-corrected chi connectivity index (χ0v) is 17.8. The molecule has 0 radical (unpaired) electrons. The number of nitrogens with one attached hydrogen (secondary N) is 1. The van der Waals surface area contributed by atoms with Crippen molar-refractivity contribution < 1.29 is 13.2 Å². The molecule has 152 valence electrons. The number of nitrogens with zero attached hydrogens (tertiary/aromatic N) is 1. The predicted molar refractivity (Wildman–Crippen MR) is 110 cm³/mol. The molecule has 2 rings (SSSR count). The summed E-state index contributed by atoms with van der Waals surface area (Å²) in [6.07, 6.45) is 5.29. The smallest absolute Gasteiger partial charge is 0.220 e. The van der Waals surface area contributed by atoms with E-state index in [0.717, 1.165) is 25.7 Å². The number of carbonyl (C=O) groups is 1. The van der Waals surface area contributed by atoms with Crippen molar-refractivity contribution in [2.75, 3.05) is 18.8 Å². The molecule has 5 nitrogen and oxygen atoms in total. The van der Waals surface area contributed by atoms with E-state index in [-0.39, 0.29) is 17.2 Å². The van der Waals surface area contributed by atoms with Gasteiger partial charge in [-0.3, -0.25) is 4.79 Å². The maximum atomic E-state index is 12.3. The number of hydrogen-bond donors (Lipinski definition) is 1. The molecule has 0 unspecified atom stereocenters. The summed E-state index contributed by atoms with van der Waals surface area (Å²) < 4.78 is 26.2. The van der Waals surface area contributed by atoms with Gasteiger partial charge in [0.05, 0.1) is 5.75 Å². The Bertz CT molecular complexity index is 705. The van der Waals surface area contributed by atoms with E-state index in [2.05, 4.69) is 36.5 Å². The van der Waals surface area contributed by atoms with Crippen LogP contribution in [-0.4, -0.2) is 43.0 Å². The zero-order chi connectivity index (χ0) is 19.9. The van der Waals surface area contributed by atoms with Gasteiger partial charge in [-0.1, -0.05) is 36.2 Å². The Labute approximate surface area is 164 Å². The number of hydrogen-bond acceptors (Lipinski definition) is 3. The molecule has 1 fully saturated rings. The first-order valence-electron chi connectivity index (χ1n) is 10.0. The molecule has 1 aliphatic heterocycles. The van der Waals surface area contributed by atoms with Crippen LogP contribution in [0.3, 0.4) is 0 Å². The Morgan fingerprint density at radius 3 is 2.33 bits per heavy atom. The van der Waals surface area contributed by atoms with Crippen LogP contribution >= 0.6 is 0 Å². The lowest BCUT2D eigenvalue weighted by Crippen LogP contribution is -2.45. The number of sulfonamides is 1. The van der Waals surface area contributed by atoms with Crippen LogP contribution < -0.4 is 5.32 Å². The van der Waals surface area contributed by atoms with Gasteiger partial charge in [-0.25, -0.2) is 12.7 Å². The van der Waals surface area contributed by atoms with E-state index >= 15 is 0 Å². The Kier molecular flexibility index (Phi) is 7.86. The van der Waals surface area contributed by atoms with E-state index in [1.807, 2.05) is 13.8 Å². The fourth-order valence-electron chi connectivity index (χ4n) is 3.54. The summed E-state index contributed by atoms with van der Waals surface area (Å²) in [6, 6.07) is 8.34. The van der Waals surface area contributed by atoms with Crippen molar-refractivity contribution in [2.45, 2.75) is 71.3 Å². The van der Waals surface area contributed by atoms with Crippen molar-refractivity contribution >= 4 is 15.9 Å². The normalized spacial score (nSPS) is 16.3. The summed E-state index contributed by atoms with van der Waals surface area (Å²) >= 11 is 0. The molecule has 1 aliphatic rings. The van der Waals surface area contributed by atoms with Crippen molar-refractivity contribution in [3.05, 3.63) is 35.4 Å². The maximum absolute atomic E-state index is 12.3. The van der Waals surface area contributed by atoms with Gasteiger partial charge in [-0.05, 0) is 58.4 Å². The van der Waals surface area contributed by atoms with E-state index in [4.69, 9.17) is 0 Å². The Balaban J connectivity index is 1.71. The number of piperidine rings is 1. The van der Waals surface area contributed by atoms with Crippen LogP contribution in [-0.2, 0) is 21.2 Å². The van der Waals surface area contributed by atoms with E-state index < -0.39 is 10.0 Å². The first kappa shape index (κ1) is 21.9. The van der Waals surface area contributed by atoms with Crippen LogP contribution in [0.1, 0.15) is 63.5 Å². The monoisotopic (exact) mass is 394 g/mol. The molecule has 0 aromatic heterocycles. The number of unbranched alkanes of at least 4 members (excludes halogenated alkanes) is 1. The summed E-state index contributed by atoms with van der Waals surface area (Å²) in [7, 11) is -3.16. The Morgan fingerprint density at radius 2 is 1.70 bits per heavy atom. The summed E-state index contributed by atoms with van der Waals surface area (Å²) in [4.78, 5) is 12.3. The minimum Gasteiger partial charge on any atom is -0.351 e. The van der Waals surface area contributed by atoms with Crippen molar-refractivity contribution in [2.24, 2.45) is 0 Å². The summed E-state index contributed by atoms with van der Waals surface area (Å²) in [5.41, 5.74) is 2.09. The van der Waals surface area contributed by atoms with Crippen LogP contribution in [0.5, 0.6) is 0 Å². The van der Waals surface area contributed by atoms with E-state index in [1.165, 1.54) is 11.1 Å². The highest BCUT2D eigenvalue weighted by molar-refractivity contribution is 7.89. The lowest BCUT2D eigenvalue weighted by Gasteiger charge is -2.27. The molecular formula is C21H34N2O3S. The molecule has 1 aromatic rings. The number of carbonyl (C=O) groups excluding carboxylic acids is 1. The molecule has 0 saturated carbocycles. The number of rotatable bonds is 9. The average Bonchev–Trinajstić information content (AvgIpc) is 2.61. The van der Waals surface area contributed by atoms with Crippen LogP contribution in [0.15, 0.2) is 24.3 Å². The third-order valence-corrected chi connectivity index (χ3v) is 6.97.